The molecule has 110 valence electrons. The summed E-state index contributed by atoms with van der Waals surface area (Å²) in [7, 11) is 1.92. The van der Waals surface area contributed by atoms with E-state index in [2.05, 4.69) is 50.4 Å². The van der Waals surface area contributed by atoms with Gasteiger partial charge < -0.3 is 5.32 Å². The van der Waals surface area contributed by atoms with Crippen LogP contribution in [0.4, 0.5) is 5.82 Å². The van der Waals surface area contributed by atoms with Gasteiger partial charge in [-0.3, -0.25) is 0 Å². The van der Waals surface area contributed by atoms with E-state index in [4.69, 9.17) is 9.97 Å². The van der Waals surface area contributed by atoms with Crippen molar-refractivity contribution in [2.75, 3.05) is 12.4 Å². The minimum absolute atomic E-state index is 0.416. The SMILES string of the molecule is CNc1nc(-c2ccc(C3CC3)cc2)nc(C)c1C(C)C. The van der Waals surface area contributed by atoms with Crippen LogP contribution < -0.4 is 5.32 Å². The lowest BCUT2D eigenvalue weighted by Gasteiger charge is -2.15. The van der Waals surface area contributed by atoms with Crippen molar-refractivity contribution in [1.29, 1.82) is 0 Å². The zero-order valence-corrected chi connectivity index (χ0v) is 13.3. The molecule has 0 radical (unpaired) electrons. The predicted octanol–water partition coefficient (Wildman–Crippen LogP) is 4.49. The average molecular weight is 281 g/mol. The van der Waals surface area contributed by atoms with E-state index in [0.717, 1.165) is 28.8 Å². The Hall–Kier alpha value is -1.90. The second-order valence-electron chi connectivity index (χ2n) is 6.20. The molecule has 3 rings (SSSR count). The van der Waals surface area contributed by atoms with E-state index in [9.17, 15) is 0 Å². The van der Waals surface area contributed by atoms with Crippen molar-refractivity contribution >= 4 is 5.82 Å². The molecular formula is C18H23N3. The summed E-state index contributed by atoms with van der Waals surface area (Å²) < 4.78 is 0. The molecule has 21 heavy (non-hydrogen) atoms. The maximum atomic E-state index is 4.71. The average Bonchev–Trinajstić information content (AvgIpc) is 3.30. The number of aromatic nitrogens is 2. The molecule has 0 bridgehead atoms. The Labute approximate surface area is 126 Å². The number of anilines is 1. The molecule has 1 saturated carbocycles. The maximum absolute atomic E-state index is 4.71. The van der Waals surface area contributed by atoms with Gasteiger partial charge in [0.25, 0.3) is 0 Å². The molecule has 1 N–H and O–H groups in total. The number of nitrogens with zero attached hydrogens (tertiary/aromatic N) is 2. The molecule has 1 aliphatic carbocycles. The lowest BCUT2D eigenvalue weighted by molar-refractivity contribution is 0.833. The van der Waals surface area contributed by atoms with Crippen molar-refractivity contribution in [1.82, 2.24) is 9.97 Å². The molecule has 2 aromatic rings. The Kier molecular flexibility index (Phi) is 3.66. The monoisotopic (exact) mass is 281 g/mol. The quantitative estimate of drug-likeness (QED) is 0.897. The number of hydrogen-bond donors (Lipinski definition) is 1. The van der Waals surface area contributed by atoms with Crippen molar-refractivity contribution in [2.24, 2.45) is 0 Å². The number of nitrogens with one attached hydrogen (secondary N) is 1. The van der Waals surface area contributed by atoms with Crippen LogP contribution in [0.1, 0.15) is 55.3 Å². The van der Waals surface area contributed by atoms with Gasteiger partial charge >= 0.3 is 0 Å². The summed E-state index contributed by atoms with van der Waals surface area (Å²) in [6, 6.07) is 8.75. The summed E-state index contributed by atoms with van der Waals surface area (Å²) in [4.78, 5) is 9.42. The fourth-order valence-electron chi connectivity index (χ4n) is 2.91. The number of benzene rings is 1. The van der Waals surface area contributed by atoms with Gasteiger partial charge in [0.2, 0.25) is 0 Å². The Bertz CT molecular complexity index is 640. The maximum Gasteiger partial charge on any atom is 0.161 e. The van der Waals surface area contributed by atoms with Gasteiger partial charge in [0, 0.05) is 23.9 Å². The van der Waals surface area contributed by atoms with E-state index in [1.165, 1.54) is 24.0 Å². The van der Waals surface area contributed by atoms with Crippen molar-refractivity contribution in [2.45, 2.75) is 45.4 Å². The van der Waals surface area contributed by atoms with Crippen molar-refractivity contribution in [3.05, 3.63) is 41.1 Å². The highest BCUT2D eigenvalue weighted by Crippen LogP contribution is 2.40. The van der Waals surface area contributed by atoms with Crippen LogP contribution in [0.25, 0.3) is 11.4 Å². The normalized spacial score (nSPS) is 14.5. The third-order valence-electron chi connectivity index (χ3n) is 4.17. The van der Waals surface area contributed by atoms with E-state index in [1.54, 1.807) is 0 Å². The van der Waals surface area contributed by atoms with Crippen LogP contribution in [0.5, 0.6) is 0 Å². The van der Waals surface area contributed by atoms with Crippen molar-refractivity contribution in [3.8, 4) is 11.4 Å². The molecule has 3 nitrogen and oxygen atoms in total. The summed E-state index contributed by atoms with van der Waals surface area (Å²) in [5.41, 5.74) is 4.80. The Morgan fingerprint density at radius 3 is 2.29 bits per heavy atom. The first kappa shape index (κ1) is 14.1. The van der Waals surface area contributed by atoms with Crippen molar-refractivity contribution in [3.63, 3.8) is 0 Å². The molecule has 1 fully saturated rings. The smallest absolute Gasteiger partial charge is 0.161 e. The van der Waals surface area contributed by atoms with Crippen LogP contribution in [0, 0.1) is 6.92 Å². The van der Waals surface area contributed by atoms with Gasteiger partial charge in [-0.05, 0) is 37.2 Å². The van der Waals surface area contributed by atoms with E-state index in [0.29, 0.717) is 5.92 Å². The molecule has 1 aliphatic rings. The molecular weight excluding hydrogens is 258 g/mol. The number of rotatable bonds is 4. The van der Waals surface area contributed by atoms with Crippen LogP contribution in [0.15, 0.2) is 24.3 Å². The first-order valence-corrected chi connectivity index (χ1v) is 7.76. The lowest BCUT2D eigenvalue weighted by Crippen LogP contribution is -2.07. The highest BCUT2D eigenvalue weighted by molar-refractivity contribution is 5.61. The second kappa shape index (κ2) is 5.47. The van der Waals surface area contributed by atoms with E-state index >= 15 is 0 Å². The van der Waals surface area contributed by atoms with Gasteiger partial charge in [-0.1, -0.05) is 38.1 Å². The third-order valence-corrected chi connectivity index (χ3v) is 4.17. The second-order valence-corrected chi connectivity index (χ2v) is 6.20. The Morgan fingerprint density at radius 1 is 1.10 bits per heavy atom. The molecule has 0 unspecified atom stereocenters. The largest absolute Gasteiger partial charge is 0.373 e. The molecule has 1 heterocycles. The fourth-order valence-corrected chi connectivity index (χ4v) is 2.91. The van der Waals surface area contributed by atoms with Crippen LogP contribution in [0.3, 0.4) is 0 Å². The highest BCUT2D eigenvalue weighted by atomic mass is 15.0. The van der Waals surface area contributed by atoms with Gasteiger partial charge in [0.15, 0.2) is 5.82 Å². The molecule has 0 atom stereocenters. The topological polar surface area (TPSA) is 37.8 Å². The van der Waals surface area contributed by atoms with Crippen LogP contribution in [-0.4, -0.2) is 17.0 Å². The minimum atomic E-state index is 0.416. The number of hydrogen-bond acceptors (Lipinski definition) is 3. The fraction of sp³-hybridized carbons (Fsp3) is 0.444. The molecule has 0 saturated heterocycles. The van der Waals surface area contributed by atoms with E-state index in [1.807, 2.05) is 7.05 Å². The van der Waals surface area contributed by atoms with Gasteiger partial charge in [-0.2, -0.15) is 0 Å². The Balaban J connectivity index is 1.99. The van der Waals surface area contributed by atoms with Gasteiger partial charge in [-0.15, -0.1) is 0 Å². The molecule has 3 heteroatoms. The van der Waals surface area contributed by atoms with Gasteiger partial charge in [-0.25, -0.2) is 9.97 Å². The summed E-state index contributed by atoms with van der Waals surface area (Å²) in [6.45, 7) is 6.42. The first-order chi connectivity index (χ1) is 10.1. The van der Waals surface area contributed by atoms with E-state index in [-0.39, 0.29) is 0 Å². The summed E-state index contributed by atoms with van der Waals surface area (Å²) in [6.07, 6.45) is 2.67. The molecule has 1 aromatic heterocycles. The summed E-state index contributed by atoms with van der Waals surface area (Å²) in [5, 5.41) is 3.22. The van der Waals surface area contributed by atoms with Crippen molar-refractivity contribution < 1.29 is 0 Å². The van der Waals surface area contributed by atoms with Gasteiger partial charge in [0.05, 0.1) is 0 Å². The standard InChI is InChI=1S/C18H23N3/c1-11(2)16-12(3)20-17(21-18(16)19-4)15-9-7-14(8-10-15)13-5-6-13/h7-11,13H,5-6H2,1-4H3,(H,19,20,21). The third kappa shape index (κ3) is 2.78. The Morgan fingerprint density at radius 2 is 1.76 bits per heavy atom. The molecule has 0 aliphatic heterocycles. The van der Waals surface area contributed by atoms with Crippen LogP contribution in [-0.2, 0) is 0 Å². The number of aryl methyl sites for hydroxylation is 1. The molecule has 0 amide bonds. The summed E-state index contributed by atoms with van der Waals surface area (Å²) >= 11 is 0. The zero-order valence-electron chi connectivity index (χ0n) is 13.3. The molecule has 0 spiro atoms. The first-order valence-electron chi connectivity index (χ1n) is 7.76. The predicted molar refractivity (Wildman–Crippen MR) is 87.8 cm³/mol. The van der Waals surface area contributed by atoms with Crippen LogP contribution in [0.2, 0.25) is 0 Å². The van der Waals surface area contributed by atoms with Crippen LogP contribution >= 0.6 is 0 Å². The minimum Gasteiger partial charge on any atom is -0.373 e. The van der Waals surface area contributed by atoms with Gasteiger partial charge in [0.1, 0.15) is 5.82 Å². The lowest BCUT2D eigenvalue weighted by atomic mass is 10.0. The summed E-state index contributed by atoms with van der Waals surface area (Å²) in [5.74, 6) is 2.96. The molecule has 1 aromatic carbocycles. The zero-order chi connectivity index (χ0) is 15.0. The highest BCUT2D eigenvalue weighted by Gasteiger charge is 2.23. The van der Waals surface area contributed by atoms with E-state index < -0.39 is 0 Å².